The minimum absolute atomic E-state index is 0.0301. The summed E-state index contributed by atoms with van der Waals surface area (Å²) < 4.78 is 3.28. The van der Waals surface area contributed by atoms with Crippen LogP contribution in [0.3, 0.4) is 0 Å². The molecule has 2 aliphatic rings. The van der Waals surface area contributed by atoms with Crippen LogP contribution in [0.1, 0.15) is 46.1 Å². The van der Waals surface area contributed by atoms with E-state index in [0.29, 0.717) is 66.4 Å². The highest BCUT2D eigenvalue weighted by Gasteiger charge is 2.42. The first-order chi connectivity index (χ1) is 25.7. The highest BCUT2D eigenvalue weighted by molar-refractivity contribution is 7.16. The van der Waals surface area contributed by atoms with Crippen LogP contribution in [0.25, 0.3) is 27.3 Å². The summed E-state index contributed by atoms with van der Waals surface area (Å²) in [4.78, 5) is 59.2. The zero-order chi connectivity index (χ0) is 36.7. The van der Waals surface area contributed by atoms with Gasteiger partial charge in [-0.15, -0.1) is 11.3 Å². The van der Waals surface area contributed by atoms with Gasteiger partial charge < -0.3 is 19.5 Å². The van der Waals surface area contributed by atoms with Crippen LogP contribution in [-0.2, 0) is 11.3 Å². The lowest BCUT2D eigenvalue weighted by atomic mass is 9.79. The zero-order valence-electron chi connectivity index (χ0n) is 29.1. The Morgan fingerprint density at radius 3 is 2.51 bits per heavy atom. The molecule has 13 heteroatoms. The molecule has 0 radical (unpaired) electrons. The summed E-state index contributed by atoms with van der Waals surface area (Å²) >= 11 is 7.54. The van der Waals surface area contributed by atoms with E-state index in [9.17, 15) is 19.5 Å². The quantitative estimate of drug-likeness (QED) is 0.213. The molecular formula is C40H38ClN7O4S. The molecule has 0 aliphatic carbocycles. The first-order valence-electron chi connectivity index (χ1n) is 17.7. The van der Waals surface area contributed by atoms with Crippen LogP contribution in [0, 0.1) is 12.8 Å². The Labute approximate surface area is 315 Å². The summed E-state index contributed by atoms with van der Waals surface area (Å²) in [5, 5.41) is 13.4. The van der Waals surface area contributed by atoms with E-state index in [2.05, 4.69) is 15.0 Å². The van der Waals surface area contributed by atoms with Gasteiger partial charge in [-0.25, -0.2) is 9.97 Å². The average Bonchev–Trinajstić information content (AvgIpc) is 3.85. The summed E-state index contributed by atoms with van der Waals surface area (Å²) in [6, 6.07) is 22.9. The van der Waals surface area contributed by atoms with Crippen molar-refractivity contribution in [1.29, 1.82) is 0 Å². The molecule has 0 unspecified atom stereocenters. The van der Waals surface area contributed by atoms with Gasteiger partial charge in [-0.3, -0.25) is 23.9 Å². The molecule has 53 heavy (non-hydrogen) atoms. The van der Waals surface area contributed by atoms with Gasteiger partial charge in [-0.2, -0.15) is 0 Å². The number of nitrogens with zero attached hydrogens (tertiary/aromatic N) is 7. The third kappa shape index (κ3) is 7.01. The topological polar surface area (TPSA) is 126 Å². The van der Waals surface area contributed by atoms with Crippen molar-refractivity contribution in [2.45, 2.75) is 44.2 Å². The molecule has 2 saturated heterocycles. The van der Waals surface area contributed by atoms with Crippen LogP contribution < -0.4 is 5.56 Å². The number of carbonyl (C=O) groups is 2. The van der Waals surface area contributed by atoms with E-state index in [0.717, 1.165) is 27.5 Å². The lowest BCUT2D eigenvalue weighted by molar-refractivity contribution is -0.142. The normalized spacial score (nSPS) is 18.7. The van der Waals surface area contributed by atoms with E-state index < -0.39 is 5.60 Å². The average molecular weight is 748 g/mol. The van der Waals surface area contributed by atoms with Crippen LogP contribution >= 0.6 is 22.9 Å². The van der Waals surface area contributed by atoms with Crippen molar-refractivity contribution in [2.75, 3.05) is 26.2 Å². The summed E-state index contributed by atoms with van der Waals surface area (Å²) in [6.07, 6.45) is 7.84. The van der Waals surface area contributed by atoms with Crippen LogP contribution in [0.5, 0.6) is 0 Å². The van der Waals surface area contributed by atoms with E-state index in [-0.39, 0.29) is 35.8 Å². The molecule has 11 nitrogen and oxygen atoms in total. The highest BCUT2D eigenvalue weighted by Crippen LogP contribution is 2.37. The van der Waals surface area contributed by atoms with Crippen molar-refractivity contribution in [3.8, 4) is 16.3 Å². The van der Waals surface area contributed by atoms with E-state index in [1.54, 1.807) is 36.8 Å². The molecule has 270 valence electrons. The van der Waals surface area contributed by atoms with Gasteiger partial charge >= 0.3 is 0 Å². The molecule has 0 saturated carbocycles. The maximum atomic E-state index is 14.2. The van der Waals surface area contributed by atoms with Crippen molar-refractivity contribution < 1.29 is 14.7 Å². The second kappa shape index (κ2) is 14.3. The molecule has 0 bridgehead atoms. The fourth-order valence-corrected chi connectivity index (χ4v) is 8.64. The van der Waals surface area contributed by atoms with Gasteiger partial charge in [-0.05, 0) is 68.1 Å². The molecule has 2 atom stereocenters. The number of carbonyl (C=O) groups excluding carboxylic acids is 2. The lowest BCUT2D eigenvalue weighted by Gasteiger charge is -2.43. The smallest absolute Gasteiger partial charge is 0.265 e. The van der Waals surface area contributed by atoms with Crippen LogP contribution in [-0.4, -0.2) is 82.6 Å². The van der Waals surface area contributed by atoms with Gasteiger partial charge in [-0.1, -0.05) is 48.0 Å². The number of pyridine rings is 1. The van der Waals surface area contributed by atoms with Crippen LogP contribution in [0.4, 0.5) is 0 Å². The molecule has 8 rings (SSSR count). The number of halogens is 1. The molecule has 0 spiro atoms. The Kier molecular flexibility index (Phi) is 9.44. The number of aromatic nitrogens is 5. The van der Waals surface area contributed by atoms with Gasteiger partial charge in [0.1, 0.15) is 16.2 Å². The summed E-state index contributed by atoms with van der Waals surface area (Å²) in [5.74, 6) is -0.567. The monoisotopic (exact) mass is 747 g/mol. The number of aryl methyl sites for hydroxylation is 1. The maximum absolute atomic E-state index is 14.2. The van der Waals surface area contributed by atoms with Gasteiger partial charge in [0.15, 0.2) is 5.65 Å². The molecule has 2 amide bonds. The molecule has 2 aromatic carbocycles. The van der Waals surface area contributed by atoms with Gasteiger partial charge in [0.25, 0.3) is 11.5 Å². The molecule has 6 aromatic rings. The fraction of sp³-hybridized carbons (Fsp3) is 0.300. The standard InChI is InChI=1S/C40H38ClN7O4S/c1-26-10-11-28(21-42-26)36-43-22-34(53-36)39(51)46-16-12-31(33(23-46)27-6-3-2-4-7-27)37(49)45-18-14-40(52,15-19-45)24-47-25-44-35-32(38(47)50)13-17-48(35)30-9-5-8-29(41)20-30/h2-11,13,17,20-22,25,31,33,52H,12,14-16,18-19,23-24H2,1H3/t31-,33+/m1/s1. The third-order valence-electron chi connectivity index (χ3n) is 10.5. The van der Waals surface area contributed by atoms with Crippen LogP contribution in [0.15, 0.2) is 103 Å². The number of aliphatic hydroxyl groups is 1. The largest absolute Gasteiger partial charge is 0.388 e. The summed E-state index contributed by atoms with van der Waals surface area (Å²) in [5.41, 5.74) is 2.69. The van der Waals surface area contributed by atoms with Crippen LogP contribution in [0.2, 0.25) is 5.02 Å². The number of amides is 2. The fourth-order valence-electron chi connectivity index (χ4n) is 7.58. The molecule has 6 heterocycles. The number of piperidine rings is 2. The lowest BCUT2D eigenvalue weighted by Crippen LogP contribution is -2.53. The van der Waals surface area contributed by atoms with Crippen molar-refractivity contribution in [3.05, 3.63) is 129 Å². The van der Waals surface area contributed by atoms with Crippen molar-refractivity contribution in [1.82, 2.24) is 33.9 Å². The van der Waals surface area contributed by atoms with E-state index >= 15 is 0 Å². The number of hydrogen-bond acceptors (Lipinski definition) is 8. The predicted molar refractivity (Wildman–Crippen MR) is 204 cm³/mol. The molecule has 1 N–H and O–H groups in total. The van der Waals surface area contributed by atoms with Gasteiger partial charge in [0.2, 0.25) is 5.91 Å². The van der Waals surface area contributed by atoms with Crippen molar-refractivity contribution >= 4 is 45.8 Å². The number of hydrogen-bond donors (Lipinski definition) is 1. The third-order valence-corrected chi connectivity index (χ3v) is 11.8. The van der Waals surface area contributed by atoms with Gasteiger partial charge in [0, 0.05) is 72.4 Å². The molecule has 4 aromatic heterocycles. The van der Waals surface area contributed by atoms with Crippen molar-refractivity contribution in [3.63, 3.8) is 0 Å². The number of likely N-dealkylation sites (tertiary alicyclic amines) is 2. The van der Waals surface area contributed by atoms with E-state index in [1.165, 1.54) is 22.2 Å². The maximum Gasteiger partial charge on any atom is 0.265 e. The highest BCUT2D eigenvalue weighted by atomic mass is 35.5. The minimum Gasteiger partial charge on any atom is -0.388 e. The predicted octanol–water partition coefficient (Wildman–Crippen LogP) is 5.97. The van der Waals surface area contributed by atoms with Gasteiger partial charge in [0.05, 0.1) is 23.7 Å². The van der Waals surface area contributed by atoms with E-state index in [1.807, 2.05) is 75.9 Å². The minimum atomic E-state index is -1.18. The number of fused-ring (bicyclic) bond motifs is 1. The molecule has 2 aliphatic heterocycles. The number of benzene rings is 2. The SMILES string of the molecule is Cc1ccc(-c2ncc(C(=O)N3CC[C@@H](C(=O)N4CCC(O)(Cn5cnc6c(ccn6-c6cccc(Cl)c6)c5=O)CC4)[C@H](c4ccccc4)C3)s2)cn1. The van der Waals surface area contributed by atoms with E-state index in [4.69, 9.17) is 11.6 Å². The zero-order valence-corrected chi connectivity index (χ0v) is 30.7. The Morgan fingerprint density at radius 1 is 0.943 bits per heavy atom. The first-order valence-corrected chi connectivity index (χ1v) is 18.9. The van der Waals surface area contributed by atoms with Crippen molar-refractivity contribution in [2.24, 2.45) is 5.92 Å². The number of thiazole rings is 1. The Hall–Kier alpha value is -5.17. The molecule has 2 fully saturated rings. The molecular weight excluding hydrogens is 710 g/mol. The Bertz CT molecular complexity index is 2350. The first kappa shape index (κ1) is 34.9. The Balaban J connectivity index is 0.944. The second-order valence-corrected chi connectivity index (χ2v) is 15.5. The Morgan fingerprint density at radius 2 is 1.75 bits per heavy atom. The summed E-state index contributed by atoms with van der Waals surface area (Å²) in [6.45, 7) is 3.59. The second-order valence-electron chi connectivity index (χ2n) is 14.0. The number of rotatable bonds is 7. The summed E-state index contributed by atoms with van der Waals surface area (Å²) in [7, 11) is 0.